The third-order valence-electron chi connectivity index (χ3n) is 3.83. The fraction of sp³-hybridized carbons (Fsp3) is 0.923. The number of carbonyl (C=O) groups is 1. The van der Waals surface area contributed by atoms with Crippen molar-refractivity contribution in [3.8, 4) is 0 Å². The van der Waals surface area contributed by atoms with E-state index < -0.39 is 24.4 Å². The maximum Gasteiger partial charge on any atom is 0.404 e. The third-order valence-corrected chi connectivity index (χ3v) is 3.83. The average Bonchev–Trinajstić information content (AvgIpc) is 2.37. The van der Waals surface area contributed by atoms with Gasteiger partial charge in [0.2, 0.25) is 0 Å². The molecule has 0 heterocycles. The van der Waals surface area contributed by atoms with Crippen LogP contribution in [0, 0.1) is 5.41 Å². The second-order valence-corrected chi connectivity index (χ2v) is 5.16. The fourth-order valence-electron chi connectivity index (χ4n) is 2.04. The molecule has 0 aliphatic heterocycles. The molecule has 0 spiro atoms. The molecule has 6 heteroatoms. The maximum atomic E-state index is 12.8. The predicted molar refractivity (Wildman–Crippen MR) is 63.4 cm³/mol. The molecule has 1 atom stereocenters. The Hall–Kier alpha value is -0.780. The van der Waals surface area contributed by atoms with E-state index in [2.05, 4.69) is 4.74 Å². The van der Waals surface area contributed by atoms with Crippen LogP contribution in [0.4, 0.5) is 13.2 Å². The first-order valence-electron chi connectivity index (χ1n) is 6.67. The van der Waals surface area contributed by atoms with Crippen molar-refractivity contribution in [1.82, 2.24) is 0 Å². The quantitative estimate of drug-likeness (QED) is 0.568. The molecule has 1 rings (SSSR count). The summed E-state index contributed by atoms with van der Waals surface area (Å²) in [5.41, 5.74) is -2.46. The molecule has 3 nitrogen and oxygen atoms in total. The zero-order chi connectivity index (χ0) is 14.5. The van der Waals surface area contributed by atoms with Gasteiger partial charge < -0.3 is 9.47 Å². The summed E-state index contributed by atoms with van der Waals surface area (Å²) in [6.45, 7) is 1.78. The lowest BCUT2D eigenvalue weighted by Crippen LogP contribution is -2.43. The van der Waals surface area contributed by atoms with Crippen molar-refractivity contribution in [2.24, 2.45) is 5.41 Å². The van der Waals surface area contributed by atoms with Gasteiger partial charge in [0.1, 0.15) is 0 Å². The highest BCUT2D eigenvalue weighted by atomic mass is 19.4. The van der Waals surface area contributed by atoms with Crippen molar-refractivity contribution in [3.05, 3.63) is 0 Å². The van der Waals surface area contributed by atoms with Crippen LogP contribution < -0.4 is 0 Å². The first-order valence-corrected chi connectivity index (χ1v) is 6.67. The van der Waals surface area contributed by atoms with Crippen molar-refractivity contribution in [3.63, 3.8) is 0 Å². The Morgan fingerprint density at radius 2 is 1.79 bits per heavy atom. The molecule has 1 aliphatic carbocycles. The Balaban J connectivity index is 2.41. The number of alkyl halides is 3. The van der Waals surface area contributed by atoms with Gasteiger partial charge in [-0.1, -0.05) is 26.2 Å². The molecule has 1 saturated carbocycles. The summed E-state index contributed by atoms with van der Waals surface area (Å²) in [5.74, 6) is -1.27. The minimum Gasteiger partial charge on any atom is -0.438 e. The van der Waals surface area contributed by atoms with Gasteiger partial charge in [-0.15, -0.1) is 0 Å². The van der Waals surface area contributed by atoms with Gasteiger partial charge in [-0.05, 0) is 26.2 Å². The minimum atomic E-state index is -4.61. The lowest BCUT2D eigenvalue weighted by molar-refractivity contribution is -0.237. The van der Waals surface area contributed by atoms with Crippen LogP contribution in [0.5, 0.6) is 0 Å². The number of ether oxygens (including phenoxy) is 2. The first kappa shape index (κ1) is 16.3. The standard InChI is InChI=1S/C13H21F3O3/c1-3-12(2,13(14,15)16)11(17)19-9-18-10-7-5-4-6-8-10/h10H,3-9H2,1-2H3. The van der Waals surface area contributed by atoms with Gasteiger partial charge >= 0.3 is 12.1 Å². The molecule has 0 saturated heterocycles. The summed E-state index contributed by atoms with van der Waals surface area (Å²) in [5, 5.41) is 0. The third kappa shape index (κ3) is 4.09. The van der Waals surface area contributed by atoms with Gasteiger partial charge in [-0.3, -0.25) is 4.79 Å². The van der Waals surface area contributed by atoms with Crippen LogP contribution in [0.25, 0.3) is 0 Å². The van der Waals surface area contributed by atoms with Gasteiger partial charge in [-0.25, -0.2) is 0 Å². The Labute approximate surface area is 111 Å². The van der Waals surface area contributed by atoms with Crippen LogP contribution in [-0.2, 0) is 14.3 Å². The Kier molecular flexibility index (Phi) is 5.64. The van der Waals surface area contributed by atoms with Crippen LogP contribution >= 0.6 is 0 Å². The van der Waals surface area contributed by atoms with Gasteiger partial charge in [-0.2, -0.15) is 13.2 Å². The van der Waals surface area contributed by atoms with E-state index in [1.54, 1.807) is 0 Å². The molecule has 0 amide bonds. The molecule has 112 valence electrons. The molecular formula is C13H21F3O3. The zero-order valence-corrected chi connectivity index (χ0v) is 11.4. The molecule has 1 aliphatic rings. The number of hydrogen-bond acceptors (Lipinski definition) is 3. The molecule has 0 N–H and O–H groups in total. The fourth-order valence-corrected chi connectivity index (χ4v) is 2.04. The smallest absolute Gasteiger partial charge is 0.404 e. The number of esters is 1. The van der Waals surface area contributed by atoms with E-state index in [1.165, 1.54) is 6.92 Å². The molecule has 0 aromatic rings. The topological polar surface area (TPSA) is 35.5 Å². The highest BCUT2D eigenvalue weighted by Gasteiger charge is 2.56. The molecule has 0 aromatic carbocycles. The summed E-state index contributed by atoms with van der Waals surface area (Å²) in [4.78, 5) is 11.6. The van der Waals surface area contributed by atoms with Crippen molar-refractivity contribution in [1.29, 1.82) is 0 Å². The Morgan fingerprint density at radius 3 is 2.26 bits per heavy atom. The Bertz CT molecular complexity index is 298. The van der Waals surface area contributed by atoms with Gasteiger partial charge in [0.25, 0.3) is 0 Å². The minimum absolute atomic E-state index is 0.000296. The first-order chi connectivity index (χ1) is 8.81. The van der Waals surface area contributed by atoms with Crippen molar-refractivity contribution < 1.29 is 27.4 Å². The lowest BCUT2D eigenvalue weighted by Gasteiger charge is -2.29. The number of rotatable bonds is 5. The van der Waals surface area contributed by atoms with Crippen LogP contribution in [0.1, 0.15) is 52.4 Å². The second-order valence-electron chi connectivity index (χ2n) is 5.16. The largest absolute Gasteiger partial charge is 0.438 e. The summed E-state index contributed by atoms with van der Waals surface area (Å²) in [7, 11) is 0. The molecule has 19 heavy (non-hydrogen) atoms. The van der Waals surface area contributed by atoms with E-state index >= 15 is 0 Å². The number of hydrogen-bond donors (Lipinski definition) is 0. The molecule has 1 unspecified atom stereocenters. The molecule has 0 bridgehead atoms. The highest BCUT2D eigenvalue weighted by Crippen LogP contribution is 2.41. The van der Waals surface area contributed by atoms with E-state index in [0.717, 1.165) is 39.0 Å². The average molecular weight is 282 g/mol. The van der Waals surface area contributed by atoms with E-state index in [0.29, 0.717) is 0 Å². The second kappa shape index (κ2) is 6.59. The SMILES string of the molecule is CCC(C)(C(=O)OCOC1CCCCC1)C(F)(F)F. The summed E-state index contributed by atoms with van der Waals surface area (Å²) >= 11 is 0. The molecule has 0 radical (unpaired) electrons. The van der Waals surface area contributed by atoms with Crippen LogP contribution in [0.3, 0.4) is 0 Å². The normalized spacial score (nSPS) is 20.9. The number of carbonyl (C=O) groups excluding carboxylic acids is 1. The summed E-state index contributed by atoms with van der Waals surface area (Å²) in [6, 6.07) is 0. The molecule has 0 aromatic heterocycles. The van der Waals surface area contributed by atoms with Crippen molar-refractivity contribution >= 4 is 5.97 Å². The Morgan fingerprint density at radius 1 is 1.21 bits per heavy atom. The summed E-state index contributed by atoms with van der Waals surface area (Å²) in [6.07, 6.45) is 0.0514. The molecule has 1 fully saturated rings. The van der Waals surface area contributed by atoms with E-state index in [1.807, 2.05) is 0 Å². The van der Waals surface area contributed by atoms with Crippen LogP contribution in [0.2, 0.25) is 0 Å². The van der Waals surface area contributed by atoms with E-state index in [4.69, 9.17) is 4.74 Å². The van der Waals surface area contributed by atoms with Gasteiger partial charge in [0.05, 0.1) is 6.10 Å². The monoisotopic (exact) mass is 282 g/mol. The van der Waals surface area contributed by atoms with E-state index in [-0.39, 0.29) is 12.5 Å². The summed E-state index contributed by atoms with van der Waals surface area (Å²) < 4.78 is 48.3. The lowest BCUT2D eigenvalue weighted by atomic mass is 9.87. The zero-order valence-electron chi connectivity index (χ0n) is 11.4. The van der Waals surface area contributed by atoms with Crippen LogP contribution in [0.15, 0.2) is 0 Å². The van der Waals surface area contributed by atoms with E-state index in [9.17, 15) is 18.0 Å². The number of halogens is 3. The maximum absolute atomic E-state index is 12.8. The predicted octanol–water partition coefficient (Wildman–Crippen LogP) is 3.82. The van der Waals surface area contributed by atoms with Crippen LogP contribution in [-0.4, -0.2) is 25.0 Å². The molecular weight excluding hydrogens is 261 g/mol. The highest BCUT2D eigenvalue weighted by molar-refractivity contribution is 5.77. The van der Waals surface area contributed by atoms with Crippen molar-refractivity contribution in [2.75, 3.05) is 6.79 Å². The van der Waals surface area contributed by atoms with Gasteiger partial charge in [0.15, 0.2) is 12.2 Å². The van der Waals surface area contributed by atoms with Crippen molar-refractivity contribution in [2.45, 2.75) is 64.7 Å². The van der Waals surface area contributed by atoms with Gasteiger partial charge in [0, 0.05) is 0 Å².